The van der Waals surface area contributed by atoms with Gasteiger partial charge in [0.1, 0.15) is 23.1 Å². The van der Waals surface area contributed by atoms with E-state index in [0.717, 1.165) is 12.4 Å². The first-order chi connectivity index (χ1) is 14.0. The Morgan fingerprint density at radius 3 is 2.59 bits per heavy atom. The molecule has 2 N–H and O–H groups in total. The average Bonchev–Trinajstić information content (AvgIpc) is 3.10. The number of hydrogen-bond donors (Lipinski definition) is 2. The Labute approximate surface area is 163 Å². The molecule has 0 aliphatic carbocycles. The molecule has 0 aliphatic heterocycles. The molecule has 0 bridgehead atoms. The molecule has 148 valence electrons. The Bertz CT molecular complexity index is 1180. The number of H-pyrrole nitrogens is 1. The Kier molecular flexibility index (Phi) is 5.03. The molecule has 4 heterocycles. The molecule has 0 atom stereocenters. The molecule has 0 radical (unpaired) electrons. The van der Waals surface area contributed by atoms with Crippen LogP contribution in [0.2, 0.25) is 0 Å². The van der Waals surface area contributed by atoms with Gasteiger partial charge in [0, 0.05) is 35.7 Å². The molecule has 4 aromatic rings. The topological polar surface area (TPSA) is 75.7 Å². The molecule has 0 spiro atoms. The second-order valence-electron chi connectivity index (χ2n) is 6.36. The quantitative estimate of drug-likeness (QED) is 0.480. The summed E-state index contributed by atoms with van der Waals surface area (Å²) in [7, 11) is 1.43. The van der Waals surface area contributed by atoms with Crippen molar-refractivity contribution < 1.29 is 17.9 Å². The average molecular weight is 399 g/mol. The van der Waals surface area contributed by atoms with Crippen molar-refractivity contribution in [3.05, 3.63) is 77.1 Å². The molecular formula is C20H16F3N5O. The number of fused-ring (bicyclic) bond motifs is 1. The standard InChI is InChI=1S/C20H16F3N5O/c1-29-20-13(5-14(21)10-27-20)8-24-17-3-2-11(18(23)28-17)4-12-7-25-19-16(12)6-15(22)9-26-19/h2-3,5-7,9-10H,4,8H2,1H3,(H,24,28)(H,25,26). The van der Waals surface area contributed by atoms with Crippen molar-refractivity contribution in [2.24, 2.45) is 0 Å². The fraction of sp³-hybridized carbons (Fsp3) is 0.150. The van der Waals surface area contributed by atoms with Crippen LogP contribution in [0, 0.1) is 17.6 Å². The van der Waals surface area contributed by atoms with Crippen LogP contribution < -0.4 is 10.1 Å². The maximum Gasteiger partial charge on any atom is 0.218 e. The summed E-state index contributed by atoms with van der Waals surface area (Å²) in [6.07, 6.45) is 4.08. The highest BCUT2D eigenvalue weighted by Gasteiger charge is 2.12. The number of halogens is 3. The number of aromatic amines is 1. The lowest BCUT2D eigenvalue weighted by molar-refractivity contribution is 0.391. The molecule has 6 nitrogen and oxygen atoms in total. The van der Waals surface area contributed by atoms with Crippen LogP contribution in [0.1, 0.15) is 16.7 Å². The van der Waals surface area contributed by atoms with Gasteiger partial charge in [0.05, 0.1) is 19.5 Å². The van der Waals surface area contributed by atoms with Gasteiger partial charge < -0.3 is 15.0 Å². The first-order valence-corrected chi connectivity index (χ1v) is 8.72. The first kappa shape index (κ1) is 18.7. The fourth-order valence-corrected chi connectivity index (χ4v) is 3.04. The van der Waals surface area contributed by atoms with Crippen molar-refractivity contribution in [1.29, 1.82) is 0 Å². The van der Waals surface area contributed by atoms with Crippen molar-refractivity contribution in [2.45, 2.75) is 13.0 Å². The summed E-state index contributed by atoms with van der Waals surface area (Å²) in [4.78, 5) is 14.7. The number of anilines is 1. The van der Waals surface area contributed by atoms with E-state index >= 15 is 0 Å². The van der Waals surface area contributed by atoms with Crippen molar-refractivity contribution in [1.82, 2.24) is 19.9 Å². The third kappa shape index (κ3) is 3.98. The van der Waals surface area contributed by atoms with E-state index in [4.69, 9.17) is 4.74 Å². The number of aromatic nitrogens is 4. The van der Waals surface area contributed by atoms with E-state index in [-0.39, 0.29) is 24.7 Å². The van der Waals surface area contributed by atoms with E-state index in [2.05, 4.69) is 25.3 Å². The summed E-state index contributed by atoms with van der Waals surface area (Å²) in [5.74, 6) is -1.06. The van der Waals surface area contributed by atoms with Crippen molar-refractivity contribution in [3.63, 3.8) is 0 Å². The summed E-state index contributed by atoms with van der Waals surface area (Å²) in [5, 5.41) is 3.52. The zero-order valence-corrected chi connectivity index (χ0v) is 15.3. The summed E-state index contributed by atoms with van der Waals surface area (Å²) >= 11 is 0. The number of nitrogens with one attached hydrogen (secondary N) is 2. The third-order valence-electron chi connectivity index (χ3n) is 4.44. The number of hydrogen-bond acceptors (Lipinski definition) is 5. The second-order valence-corrected chi connectivity index (χ2v) is 6.36. The van der Waals surface area contributed by atoms with Gasteiger partial charge in [0.25, 0.3) is 0 Å². The molecule has 0 fully saturated rings. The maximum absolute atomic E-state index is 14.5. The largest absolute Gasteiger partial charge is 0.481 e. The Hall–Kier alpha value is -3.62. The predicted molar refractivity (Wildman–Crippen MR) is 101 cm³/mol. The smallest absolute Gasteiger partial charge is 0.218 e. The molecule has 4 rings (SSSR count). The monoisotopic (exact) mass is 399 g/mol. The number of ether oxygens (including phenoxy) is 1. The molecule has 0 amide bonds. The minimum atomic E-state index is -0.655. The maximum atomic E-state index is 14.5. The lowest BCUT2D eigenvalue weighted by Gasteiger charge is -2.10. The lowest BCUT2D eigenvalue weighted by atomic mass is 10.1. The predicted octanol–water partition coefficient (Wildman–Crippen LogP) is 3.98. The van der Waals surface area contributed by atoms with Gasteiger partial charge in [-0.3, -0.25) is 0 Å². The number of rotatable bonds is 6. The number of methoxy groups -OCH3 is 1. The van der Waals surface area contributed by atoms with Gasteiger partial charge in [0.15, 0.2) is 0 Å². The van der Waals surface area contributed by atoms with Crippen LogP contribution in [-0.2, 0) is 13.0 Å². The Morgan fingerprint density at radius 2 is 1.79 bits per heavy atom. The van der Waals surface area contributed by atoms with Crippen molar-refractivity contribution >= 4 is 16.9 Å². The molecule has 4 aromatic heterocycles. The minimum Gasteiger partial charge on any atom is -0.481 e. The molecule has 0 saturated heterocycles. The lowest BCUT2D eigenvalue weighted by Crippen LogP contribution is -2.06. The van der Waals surface area contributed by atoms with Gasteiger partial charge in [-0.1, -0.05) is 6.07 Å². The Balaban J connectivity index is 1.51. The van der Waals surface area contributed by atoms with E-state index in [1.54, 1.807) is 18.3 Å². The molecule has 0 saturated carbocycles. The van der Waals surface area contributed by atoms with Crippen LogP contribution >= 0.6 is 0 Å². The molecule has 29 heavy (non-hydrogen) atoms. The number of nitrogens with zero attached hydrogens (tertiary/aromatic N) is 3. The summed E-state index contributed by atoms with van der Waals surface area (Å²) < 4.78 is 46.4. The highest BCUT2D eigenvalue weighted by atomic mass is 19.1. The van der Waals surface area contributed by atoms with Gasteiger partial charge in [-0.05, 0) is 23.8 Å². The van der Waals surface area contributed by atoms with Gasteiger partial charge in [-0.2, -0.15) is 4.39 Å². The zero-order chi connectivity index (χ0) is 20.4. The van der Waals surface area contributed by atoms with E-state index in [9.17, 15) is 13.2 Å². The van der Waals surface area contributed by atoms with Crippen molar-refractivity contribution in [2.75, 3.05) is 12.4 Å². The fourth-order valence-electron chi connectivity index (χ4n) is 3.04. The van der Waals surface area contributed by atoms with E-state index in [0.29, 0.717) is 27.7 Å². The Morgan fingerprint density at radius 1 is 1.00 bits per heavy atom. The van der Waals surface area contributed by atoms with Crippen LogP contribution in [0.15, 0.2) is 42.9 Å². The van der Waals surface area contributed by atoms with Crippen molar-refractivity contribution in [3.8, 4) is 5.88 Å². The number of pyridine rings is 3. The van der Waals surface area contributed by atoms with Crippen LogP contribution in [0.5, 0.6) is 5.88 Å². The molecular weight excluding hydrogens is 383 g/mol. The second kappa shape index (κ2) is 7.78. The third-order valence-corrected chi connectivity index (χ3v) is 4.44. The zero-order valence-electron chi connectivity index (χ0n) is 15.3. The van der Waals surface area contributed by atoms with Gasteiger partial charge in [0.2, 0.25) is 11.8 Å². The van der Waals surface area contributed by atoms with Gasteiger partial charge in [-0.15, -0.1) is 0 Å². The highest BCUT2D eigenvalue weighted by Crippen LogP contribution is 2.23. The van der Waals surface area contributed by atoms with Crippen LogP contribution in [0.4, 0.5) is 19.0 Å². The highest BCUT2D eigenvalue weighted by molar-refractivity contribution is 5.80. The molecule has 0 aliphatic rings. The van der Waals surface area contributed by atoms with E-state index in [1.165, 1.54) is 19.2 Å². The van der Waals surface area contributed by atoms with Crippen LogP contribution in [-0.4, -0.2) is 27.0 Å². The summed E-state index contributed by atoms with van der Waals surface area (Å²) in [6.45, 7) is 0.160. The van der Waals surface area contributed by atoms with Gasteiger partial charge >= 0.3 is 0 Å². The summed E-state index contributed by atoms with van der Waals surface area (Å²) in [5.41, 5.74) is 2.08. The van der Waals surface area contributed by atoms with E-state index in [1.807, 2.05) is 0 Å². The molecule has 0 unspecified atom stereocenters. The summed E-state index contributed by atoms with van der Waals surface area (Å²) in [6, 6.07) is 5.85. The molecule has 0 aromatic carbocycles. The van der Waals surface area contributed by atoms with Crippen LogP contribution in [0.25, 0.3) is 11.0 Å². The normalized spacial score (nSPS) is 11.0. The minimum absolute atomic E-state index is 0.160. The van der Waals surface area contributed by atoms with Gasteiger partial charge in [-0.25, -0.2) is 23.7 Å². The first-order valence-electron chi connectivity index (χ1n) is 8.72. The van der Waals surface area contributed by atoms with Crippen LogP contribution in [0.3, 0.4) is 0 Å². The van der Waals surface area contributed by atoms with E-state index < -0.39 is 17.6 Å². The SMILES string of the molecule is COc1ncc(F)cc1CNc1ccc(Cc2c[nH]c3ncc(F)cc23)c(F)n1. The molecule has 9 heteroatoms.